The molecule has 0 spiro atoms. The van der Waals surface area contributed by atoms with E-state index in [0.717, 1.165) is 70.0 Å². The van der Waals surface area contributed by atoms with Gasteiger partial charge in [-0.3, -0.25) is 0 Å². The highest BCUT2D eigenvalue weighted by molar-refractivity contribution is 6.02. The highest BCUT2D eigenvalue weighted by atomic mass is 16.6. The zero-order valence-corrected chi connectivity index (χ0v) is 28.5. The molecule has 5 aromatic rings. The number of hydrogen-bond acceptors (Lipinski definition) is 4. The average Bonchev–Trinajstić information content (AvgIpc) is 3.12. The quantitative estimate of drug-likeness (QED) is 0.0389. The maximum atomic E-state index is 13.6. The van der Waals surface area contributed by atoms with E-state index in [0.29, 0.717) is 12.0 Å². The minimum atomic E-state index is -0.970. The van der Waals surface area contributed by atoms with Crippen LogP contribution in [0.2, 0.25) is 0 Å². The second-order valence-electron chi connectivity index (χ2n) is 12.9. The predicted molar refractivity (Wildman–Crippen MR) is 199 cm³/mol. The van der Waals surface area contributed by atoms with Crippen LogP contribution in [0.4, 0.5) is 0 Å². The van der Waals surface area contributed by atoms with Crippen molar-refractivity contribution in [1.82, 2.24) is 0 Å². The number of unbranched alkanes of at least 4 members (excludes halogenated alkanes) is 10. The van der Waals surface area contributed by atoms with E-state index in [4.69, 9.17) is 9.47 Å². The summed E-state index contributed by atoms with van der Waals surface area (Å²) in [7, 11) is 0. The highest BCUT2D eigenvalue weighted by Crippen LogP contribution is 2.29. The molecule has 0 aliphatic carbocycles. The van der Waals surface area contributed by atoms with E-state index in [1.54, 1.807) is 6.07 Å². The molecule has 0 radical (unpaired) electrons. The summed E-state index contributed by atoms with van der Waals surface area (Å²) < 4.78 is 11.9. The van der Waals surface area contributed by atoms with E-state index in [-0.39, 0.29) is 6.61 Å². The largest absolute Gasteiger partial charge is 0.458 e. The van der Waals surface area contributed by atoms with Crippen LogP contribution in [0, 0.1) is 0 Å². The summed E-state index contributed by atoms with van der Waals surface area (Å²) in [4.78, 5) is 27.0. The molecular formula is C44H50O4. The van der Waals surface area contributed by atoms with Crippen molar-refractivity contribution in [3.8, 4) is 0 Å². The topological polar surface area (TPSA) is 52.6 Å². The first kappa shape index (κ1) is 34.9. The smallest absolute Gasteiger partial charge is 0.347 e. The van der Waals surface area contributed by atoms with Gasteiger partial charge in [-0.1, -0.05) is 143 Å². The van der Waals surface area contributed by atoms with Gasteiger partial charge in [0.1, 0.15) is 6.61 Å². The maximum Gasteiger partial charge on any atom is 0.347 e. The zero-order valence-electron chi connectivity index (χ0n) is 28.5. The van der Waals surface area contributed by atoms with Crippen LogP contribution in [0.5, 0.6) is 0 Å². The third-order valence-electron chi connectivity index (χ3n) is 9.22. The van der Waals surface area contributed by atoms with E-state index < -0.39 is 18.0 Å². The lowest BCUT2D eigenvalue weighted by Gasteiger charge is -2.18. The lowest BCUT2D eigenvalue weighted by Crippen LogP contribution is -2.29. The number of allylic oxidation sites excluding steroid dienone is 2. The molecule has 0 aliphatic rings. The van der Waals surface area contributed by atoms with Gasteiger partial charge in [0.25, 0.3) is 0 Å². The lowest BCUT2D eigenvalue weighted by molar-refractivity contribution is -0.155. The normalized spacial score (nSPS) is 12.2. The van der Waals surface area contributed by atoms with Crippen LogP contribution < -0.4 is 0 Å². The Morgan fingerprint density at radius 1 is 0.604 bits per heavy atom. The van der Waals surface area contributed by atoms with Crippen LogP contribution >= 0.6 is 0 Å². The summed E-state index contributed by atoms with van der Waals surface area (Å²) >= 11 is 0. The van der Waals surface area contributed by atoms with Gasteiger partial charge in [-0.25, -0.2) is 9.59 Å². The van der Waals surface area contributed by atoms with Crippen molar-refractivity contribution in [2.45, 2.75) is 103 Å². The molecule has 0 unspecified atom stereocenters. The fourth-order valence-corrected chi connectivity index (χ4v) is 6.46. The van der Waals surface area contributed by atoms with Gasteiger partial charge in [0.15, 0.2) is 6.10 Å². The first-order chi connectivity index (χ1) is 23.6. The Kier molecular flexibility index (Phi) is 13.6. The Bertz CT molecular complexity index is 1750. The molecule has 0 N–H and O–H groups in total. The van der Waals surface area contributed by atoms with E-state index in [2.05, 4.69) is 49.4 Å². The molecule has 48 heavy (non-hydrogen) atoms. The standard InChI is InChI=1S/C44H50O4/c1-2-3-4-5-6-7-8-9-10-11-12-13-14-15-28-42(48-43(45)38-30-29-34-22-16-17-23-35(34)31-38)44(46)47-33-41-39-26-20-18-24-36(39)32-37-25-19-21-27-40(37)41/h9-10,16-27,29-32,42H,2-8,11-15,28,33H2,1H3/b10-9+/t42-/m1/s1. The molecule has 4 nitrogen and oxygen atoms in total. The Morgan fingerprint density at radius 2 is 1.17 bits per heavy atom. The lowest BCUT2D eigenvalue weighted by atomic mass is 9.97. The fourth-order valence-electron chi connectivity index (χ4n) is 6.46. The maximum absolute atomic E-state index is 13.6. The summed E-state index contributed by atoms with van der Waals surface area (Å²) in [5.41, 5.74) is 1.39. The number of rotatable bonds is 19. The summed E-state index contributed by atoms with van der Waals surface area (Å²) in [5.74, 6) is -1.01. The van der Waals surface area contributed by atoms with Crippen LogP contribution in [-0.4, -0.2) is 18.0 Å². The third-order valence-corrected chi connectivity index (χ3v) is 9.22. The molecule has 0 saturated carbocycles. The number of esters is 2. The van der Waals surface area contributed by atoms with Crippen molar-refractivity contribution in [3.05, 3.63) is 120 Å². The van der Waals surface area contributed by atoms with Crippen molar-refractivity contribution in [1.29, 1.82) is 0 Å². The van der Waals surface area contributed by atoms with Gasteiger partial charge in [-0.05, 0) is 89.0 Å². The van der Waals surface area contributed by atoms with Crippen molar-refractivity contribution in [2.24, 2.45) is 0 Å². The average molecular weight is 643 g/mol. The van der Waals surface area contributed by atoms with Crippen molar-refractivity contribution in [2.75, 3.05) is 0 Å². The Morgan fingerprint density at radius 3 is 1.83 bits per heavy atom. The van der Waals surface area contributed by atoms with Gasteiger partial charge in [0.05, 0.1) is 5.56 Å². The molecule has 0 fully saturated rings. The molecule has 250 valence electrons. The van der Waals surface area contributed by atoms with Gasteiger partial charge in [-0.15, -0.1) is 0 Å². The van der Waals surface area contributed by atoms with Gasteiger partial charge in [0.2, 0.25) is 0 Å². The molecule has 0 bridgehead atoms. The highest BCUT2D eigenvalue weighted by Gasteiger charge is 2.26. The van der Waals surface area contributed by atoms with Crippen molar-refractivity contribution in [3.63, 3.8) is 0 Å². The molecule has 0 saturated heterocycles. The van der Waals surface area contributed by atoms with Gasteiger partial charge in [-0.2, -0.15) is 0 Å². The summed E-state index contributed by atoms with van der Waals surface area (Å²) in [6.07, 6.45) is 18.3. The zero-order chi connectivity index (χ0) is 33.4. The minimum absolute atomic E-state index is 0.107. The van der Waals surface area contributed by atoms with Crippen molar-refractivity contribution >= 4 is 44.3 Å². The number of carbonyl (C=O) groups excluding carboxylic acids is 2. The number of benzene rings is 5. The van der Waals surface area contributed by atoms with E-state index >= 15 is 0 Å². The summed E-state index contributed by atoms with van der Waals surface area (Å²) in [5, 5.41) is 6.29. The summed E-state index contributed by atoms with van der Waals surface area (Å²) in [6.45, 7) is 2.36. The Balaban J connectivity index is 1.18. The fraction of sp³-hybridized carbons (Fsp3) is 0.364. The number of carbonyl (C=O) groups is 2. The monoisotopic (exact) mass is 642 g/mol. The van der Waals surface area contributed by atoms with Gasteiger partial charge in [0, 0.05) is 5.56 Å². The first-order valence-corrected chi connectivity index (χ1v) is 18.0. The first-order valence-electron chi connectivity index (χ1n) is 18.0. The molecule has 4 heteroatoms. The second-order valence-corrected chi connectivity index (χ2v) is 12.9. The van der Waals surface area contributed by atoms with Crippen LogP contribution in [0.15, 0.2) is 109 Å². The third kappa shape index (κ3) is 10.0. The van der Waals surface area contributed by atoms with Gasteiger partial charge >= 0.3 is 11.9 Å². The van der Waals surface area contributed by atoms with E-state index in [1.165, 1.54) is 44.9 Å². The second kappa shape index (κ2) is 18.8. The van der Waals surface area contributed by atoms with Crippen LogP contribution in [0.1, 0.15) is 106 Å². The molecule has 1 atom stereocenters. The predicted octanol–water partition coefficient (Wildman–Crippen LogP) is 12.1. The van der Waals surface area contributed by atoms with Gasteiger partial charge < -0.3 is 9.47 Å². The molecule has 5 rings (SSSR count). The molecule has 0 heterocycles. The number of ether oxygens (including phenoxy) is 2. The molecule has 0 aliphatic heterocycles. The van der Waals surface area contributed by atoms with Crippen LogP contribution in [0.25, 0.3) is 32.3 Å². The minimum Gasteiger partial charge on any atom is -0.458 e. The van der Waals surface area contributed by atoms with Crippen LogP contribution in [0.3, 0.4) is 0 Å². The summed E-state index contributed by atoms with van der Waals surface area (Å²) in [6, 6.07) is 31.9. The Hall–Kier alpha value is -4.44. The molecular weight excluding hydrogens is 592 g/mol. The number of hydrogen-bond donors (Lipinski definition) is 0. The Labute approximate surface area is 286 Å². The van der Waals surface area contributed by atoms with E-state index in [1.807, 2.05) is 60.7 Å². The molecule has 0 aromatic heterocycles. The number of fused-ring (bicyclic) bond motifs is 3. The molecule has 0 amide bonds. The molecule has 5 aromatic carbocycles. The van der Waals surface area contributed by atoms with Crippen molar-refractivity contribution < 1.29 is 19.1 Å². The van der Waals surface area contributed by atoms with E-state index in [9.17, 15) is 9.59 Å². The van der Waals surface area contributed by atoms with Crippen LogP contribution in [-0.2, 0) is 20.9 Å². The SMILES string of the molecule is CCCCCCCC/C=C/CCCCCC[C@@H](OC(=O)c1ccc2ccccc2c1)C(=O)OCc1c2ccccc2cc2ccccc12.